The van der Waals surface area contributed by atoms with E-state index in [4.69, 9.17) is 5.73 Å². The fourth-order valence-corrected chi connectivity index (χ4v) is 2.85. The summed E-state index contributed by atoms with van der Waals surface area (Å²) >= 11 is 0. The zero-order valence-electron chi connectivity index (χ0n) is 12.1. The van der Waals surface area contributed by atoms with Crippen molar-refractivity contribution in [3.8, 4) is 11.1 Å². The van der Waals surface area contributed by atoms with E-state index in [9.17, 15) is 8.42 Å². The van der Waals surface area contributed by atoms with Gasteiger partial charge in [0.15, 0.2) is 9.84 Å². The van der Waals surface area contributed by atoms with E-state index in [0.717, 1.165) is 11.1 Å². The number of nitrogens with zero attached hydrogens (tertiary/aromatic N) is 2. The van der Waals surface area contributed by atoms with Crippen LogP contribution in [0.3, 0.4) is 0 Å². The van der Waals surface area contributed by atoms with E-state index in [0.29, 0.717) is 17.1 Å². The number of anilines is 1. The van der Waals surface area contributed by atoms with Crippen molar-refractivity contribution in [2.24, 2.45) is 7.05 Å². The highest BCUT2D eigenvalue weighted by molar-refractivity contribution is 7.89. The second-order valence-electron chi connectivity index (χ2n) is 5.20. The van der Waals surface area contributed by atoms with Crippen LogP contribution in [-0.4, -0.2) is 24.5 Å². The summed E-state index contributed by atoms with van der Waals surface area (Å²) in [4.78, 5) is 0. The van der Waals surface area contributed by atoms with Crippen LogP contribution < -0.4 is 5.73 Å². The standard InChI is InChI=1S/C14H19N3O2S/c1-9-5-6-11(7-10(9)2)13-12(8-20(4,18)19)16-17(3)14(13)15/h5-7H,8,15H2,1-4H3. The molecule has 0 saturated carbocycles. The molecule has 1 aromatic heterocycles. The van der Waals surface area contributed by atoms with Crippen LogP contribution in [0.2, 0.25) is 0 Å². The van der Waals surface area contributed by atoms with Crippen LogP contribution in [0.15, 0.2) is 18.2 Å². The van der Waals surface area contributed by atoms with E-state index in [1.165, 1.54) is 16.5 Å². The first kappa shape index (κ1) is 14.6. The normalized spacial score (nSPS) is 11.8. The van der Waals surface area contributed by atoms with Gasteiger partial charge in [-0.2, -0.15) is 5.10 Å². The summed E-state index contributed by atoms with van der Waals surface area (Å²) in [5.74, 6) is 0.368. The molecule has 20 heavy (non-hydrogen) atoms. The van der Waals surface area contributed by atoms with E-state index in [-0.39, 0.29) is 5.75 Å². The van der Waals surface area contributed by atoms with Crippen LogP contribution in [0, 0.1) is 13.8 Å². The maximum Gasteiger partial charge on any atom is 0.153 e. The topological polar surface area (TPSA) is 78.0 Å². The number of rotatable bonds is 3. The third kappa shape index (κ3) is 2.85. The number of sulfone groups is 1. The number of aromatic nitrogens is 2. The summed E-state index contributed by atoms with van der Waals surface area (Å²) in [7, 11) is -1.45. The van der Waals surface area contributed by atoms with Gasteiger partial charge in [-0.05, 0) is 30.5 Å². The zero-order chi connectivity index (χ0) is 15.1. The summed E-state index contributed by atoms with van der Waals surface area (Å²) in [6.07, 6.45) is 1.20. The minimum absolute atomic E-state index is 0.111. The van der Waals surface area contributed by atoms with Crippen molar-refractivity contribution in [3.05, 3.63) is 35.0 Å². The van der Waals surface area contributed by atoms with Gasteiger partial charge in [-0.3, -0.25) is 4.68 Å². The molecule has 108 valence electrons. The van der Waals surface area contributed by atoms with Crippen molar-refractivity contribution in [2.75, 3.05) is 12.0 Å². The molecule has 2 aromatic rings. The molecule has 2 N–H and O–H groups in total. The Morgan fingerprint density at radius 2 is 1.90 bits per heavy atom. The molecule has 0 aliphatic rings. The number of benzene rings is 1. The monoisotopic (exact) mass is 293 g/mol. The van der Waals surface area contributed by atoms with Gasteiger partial charge in [0.2, 0.25) is 0 Å². The van der Waals surface area contributed by atoms with Gasteiger partial charge in [0.25, 0.3) is 0 Å². The van der Waals surface area contributed by atoms with Gasteiger partial charge < -0.3 is 5.73 Å². The Bertz CT molecular complexity index is 761. The van der Waals surface area contributed by atoms with Crippen molar-refractivity contribution in [2.45, 2.75) is 19.6 Å². The Balaban J connectivity index is 2.63. The van der Waals surface area contributed by atoms with Gasteiger partial charge in [0.1, 0.15) is 5.82 Å². The van der Waals surface area contributed by atoms with Crippen molar-refractivity contribution < 1.29 is 8.42 Å². The average Bonchev–Trinajstić information content (AvgIpc) is 2.56. The highest BCUT2D eigenvalue weighted by Gasteiger charge is 2.19. The smallest absolute Gasteiger partial charge is 0.153 e. The summed E-state index contributed by atoms with van der Waals surface area (Å²) in [6, 6.07) is 5.96. The van der Waals surface area contributed by atoms with Crippen molar-refractivity contribution in [1.82, 2.24) is 9.78 Å². The summed E-state index contributed by atoms with van der Waals surface area (Å²) in [5, 5.41) is 4.24. The fraction of sp³-hybridized carbons (Fsp3) is 0.357. The third-order valence-electron chi connectivity index (χ3n) is 3.36. The first-order valence-corrected chi connectivity index (χ1v) is 8.32. The first-order valence-electron chi connectivity index (χ1n) is 6.25. The Labute approximate surface area is 119 Å². The van der Waals surface area contributed by atoms with Crippen LogP contribution >= 0.6 is 0 Å². The van der Waals surface area contributed by atoms with Crippen LogP contribution in [-0.2, 0) is 22.6 Å². The summed E-state index contributed by atoms with van der Waals surface area (Å²) in [6.45, 7) is 4.05. The minimum Gasteiger partial charge on any atom is -0.383 e. The second-order valence-corrected chi connectivity index (χ2v) is 7.34. The quantitative estimate of drug-likeness (QED) is 0.936. The maximum atomic E-state index is 11.5. The highest BCUT2D eigenvalue weighted by Crippen LogP contribution is 2.31. The molecular formula is C14H19N3O2S. The molecule has 0 aliphatic heterocycles. The Morgan fingerprint density at radius 3 is 2.45 bits per heavy atom. The third-order valence-corrected chi connectivity index (χ3v) is 4.16. The van der Waals surface area contributed by atoms with Crippen LogP contribution in [0.25, 0.3) is 11.1 Å². The Kier molecular flexibility index (Phi) is 3.60. The van der Waals surface area contributed by atoms with E-state index in [2.05, 4.69) is 5.10 Å². The van der Waals surface area contributed by atoms with E-state index in [1.807, 2.05) is 32.0 Å². The lowest BCUT2D eigenvalue weighted by Gasteiger charge is -2.07. The van der Waals surface area contributed by atoms with Gasteiger partial charge in [-0.1, -0.05) is 18.2 Å². The Morgan fingerprint density at radius 1 is 1.25 bits per heavy atom. The molecule has 6 heteroatoms. The SMILES string of the molecule is Cc1ccc(-c2c(CS(C)(=O)=O)nn(C)c2N)cc1C. The van der Waals surface area contributed by atoms with Gasteiger partial charge in [-0.15, -0.1) is 0 Å². The van der Waals surface area contributed by atoms with Gasteiger partial charge in [-0.25, -0.2) is 8.42 Å². The van der Waals surface area contributed by atoms with Crippen LogP contribution in [0.5, 0.6) is 0 Å². The van der Waals surface area contributed by atoms with Crippen molar-refractivity contribution in [3.63, 3.8) is 0 Å². The van der Waals surface area contributed by atoms with Crippen LogP contribution in [0.1, 0.15) is 16.8 Å². The molecule has 0 aliphatic carbocycles. The zero-order valence-corrected chi connectivity index (χ0v) is 13.0. The molecule has 1 aromatic carbocycles. The molecule has 0 spiro atoms. The number of hydrogen-bond donors (Lipinski definition) is 1. The maximum absolute atomic E-state index is 11.5. The summed E-state index contributed by atoms with van der Waals surface area (Å²) in [5.41, 5.74) is 10.5. The van der Waals surface area contributed by atoms with Gasteiger partial charge in [0.05, 0.1) is 11.4 Å². The second kappa shape index (κ2) is 4.94. The predicted octanol–water partition coefficient (Wildman–Crippen LogP) is 1.83. The van der Waals surface area contributed by atoms with E-state index < -0.39 is 9.84 Å². The van der Waals surface area contributed by atoms with Gasteiger partial charge >= 0.3 is 0 Å². The minimum atomic E-state index is -3.16. The lowest BCUT2D eigenvalue weighted by molar-refractivity contribution is 0.600. The van der Waals surface area contributed by atoms with E-state index in [1.54, 1.807) is 7.05 Å². The number of nitrogens with two attached hydrogens (primary N) is 1. The molecule has 0 radical (unpaired) electrons. The molecule has 5 nitrogen and oxygen atoms in total. The summed E-state index contributed by atoms with van der Waals surface area (Å²) < 4.78 is 24.6. The molecular weight excluding hydrogens is 274 g/mol. The van der Waals surface area contributed by atoms with Crippen LogP contribution in [0.4, 0.5) is 5.82 Å². The van der Waals surface area contributed by atoms with E-state index >= 15 is 0 Å². The predicted molar refractivity (Wildman–Crippen MR) is 81.1 cm³/mol. The molecule has 0 atom stereocenters. The number of hydrogen-bond acceptors (Lipinski definition) is 4. The highest BCUT2D eigenvalue weighted by atomic mass is 32.2. The molecule has 0 fully saturated rings. The molecule has 0 unspecified atom stereocenters. The number of aryl methyl sites for hydroxylation is 3. The number of nitrogen functional groups attached to an aromatic ring is 1. The average molecular weight is 293 g/mol. The molecule has 0 amide bonds. The lowest BCUT2D eigenvalue weighted by atomic mass is 10.0. The molecule has 0 saturated heterocycles. The first-order chi connectivity index (χ1) is 9.19. The molecule has 2 rings (SSSR count). The largest absolute Gasteiger partial charge is 0.383 e. The van der Waals surface area contributed by atoms with Crippen molar-refractivity contribution in [1.29, 1.82) is 0 Å². The van der Waals surface area contributed by atoms with Gasteiger partial charge in [0, 0.05) is 18.9 Å². The molecule has 0 bridgehead atoms. The van der Waals surface area contributed by atoms with Crippen molar-refractivity contribution >= 4 is 15.7 Å². The Hall–Kier alpha value is -1.82. The fourth-order valence-electron chi connectivity index (χ4n) is 2.16. The molecule has 1 heterocycles. The lowest BCUT2D eigenvalue weighted by Crippen LogP contribution is -2.03.